The number of ether oxygens (including phenoxy) is 1. The molecule has 0 aliphatic carbocycles. The van der Waals surface area contributed by atoms with Gasteiger partial charge in [-0.1, -0.05) is 57.3 Å². The molecule has 10 nitrogen and oxygen atoms in total. The number of methoxy groups -OCH3 is 1. The lowest BCUT2D eigenvalue weighted by Crippen LogP contribution is -2.58. The third-order valence-corrected chi connectivity index (χ3v) is 7.07. The summed E-state index contributed by atoms with van der Waals surface area (Å²) in [4.78, 5) is 52.1. The molecule has 1 aliphatic rings. The van der Waals surface area contributed by atoms with Crippen LogP contribution in [0.1, 0.15) is 77.3 Å². The second-order valence-electron chi connectivity index (χ2n) is 11.0. The van der Waals surface area contributed by atoms with Gasteiger partial charge in [0.15, 0.2) is 0 Å². The number of benzene rings is 1. The van der Waals surface area contributed by atoms with Crippen molar-refractivity contribution in [1.29, 1.82) is 0 Å². The minimum absolute atomic E-state index is 0.0374. The van der Waals surface area contributed by atoms with E-state index in [0.717, 1.165) is 12.8 Å². The van der Waals surface area contributed by atoms with Crippen LogP contribution in [0.2, 0.25) is 5.02 Å². The summed E-state index contributed by atoms with van der Waals surface area (Å²) in [6, 6.07) is 4.12. The van der Waals surface area contributed by atoms with Crippen molar-refractivity contribution >= 4 is 35.3 Å². The fraction of sp³-hybridized carbons (Fsp3) is 0.643. The third kappa shape index (κ3) is 10.1. The highest BCUT2D eigenvalue weighted by molar-refractivity contribution is 6.30. The standard InChI is InChI=1S/C28H42ClN3O7/c1-28(2,3)25(31-23(35)9-7-5-6-8-10-24(36)39-4)27(38)32-16-20(34)15-22(32)26(37)30-21(17-33)18-11-13-19(29)14-12-18/h11-14,20-22,25,33-34H,5-10,15-17H2,1-4H3,(H,30,37)(H,31,35)/t20-,21?,22+,25?/m1/s1. The minimum Gasteiger partial charge on any atom is -0.469 e. The van der Waals surface area contributed by atoms with Gasteiger partial charge in [0.05, 0.1) is 25.9 Å². The average molecular weight is 568 g/mol. The SMILES string of the molecule is COC(=O)CCCCCCC(=O)NC(C(=O)N1C[C@H](O)C[C@H]1C(=O)NC(CO)c1ccc(Cl)cc1)C(C)(C)C. The van der Waals surface area contributed by atoms with Gasteiger partial charge in [-0.05, 0) is 36.0 Å². The van der Waals surface area contributed by atoms with Crippen LogP contribution < -0.4 is 10.6 Å². The van der Waals surface area contributed by atoms with Crippen LogP contribution in [0.5, 0.6) is 0 Å². The summed E-state index contributed by atoms with van der Waals surface area (Å²) < 4.78 is 4.62. The summed E-state index contributed by atoms with van der Waals surface area (Å²) in [5.74, 6) is -1.48. The first-order chi connectivity index (χ1) is 18.4. The first-order valence-electron chi connectivity index (χ1n) is 13.4. The molecule has 1 aromatic carbocycles. The van der Waals surface area contributed by atoms with Crippen molar-refractivity contribution in [2.24, 2.45) is 5.41 Å². The summed E-state index contributed by atoms with van der Waals surface area (Å²) in [5, 5.41) is 26.4. The largest absolute Gasteiger partial charge is 0.469 e. The minimum atomic E-state index is -0.953. The number of nitrogens with zero attached hydrogens (tertiary/aromatic N) is 1. The van der Waals surface area contributed by atoms with E-state index in [4.69, 9.17) is 11.6 Å². The number of carbonyl (C=O) groups is 4. The van der Waals surface area contributed by atoms with E-state index in [9.17, 15) is 29.4 Å². The van der Waals surface area contributed by atoms with Crippen molar-refractivity contribution in [3.63, 3.8) is 0 Å². The number of likely N-dealkylation sites (tertiary alicyclic amines) is 1. The maximum absolute atomic E-state index is 13.7. The number of halogens is 1. The number of unbranched alkanes of at least 4 members (excludes halogenated alkanes) is 3. The smallest absolute Gasteiger partial charge is 0.305 e. The molecule has 1 aromatic rings. The Hall–Kier alpha value is -2.69. The van der Waals surface area contributed by atoms with E-state index in [1.165, 1.54) is 12.0 Å². The third-order valence-electron chi connectivity index (χ3n) is 6.82. The van der Waals surface area contributed by atoms with Gasteiger partial charge in [-0.15, -0.1) is 0 Å². The lowest BCUT2D eigenvalue weighted by Gasteiger charge is -2.35. The van der Waals surface area contributed by atoms with Gasteiger partial charge in [-0.3, -0.25) is 19.2 Å². The van der Waals surface area contributed by atoms with Crippen LogP contribution in [0, 0.1) is 5.41 Å². The van der Waals surface area contributed by atoms with Gasteiger partial charge in [0.25, 0.3) is 0 Å². The Morgan fingerprint density at radius 3 is 2.23 bits per heavy atom. The van der Waals surface area contributed by atoms with Gasteiger partial charge >= 0.3 is 5.97 Å². The Balaban J connectivity index is 2.02. The number of aliphatic hydroxyl groups excluding tert-OH is 2. The Morgan fingerprint density at radius 1 is 1.05 bits per heavy atom. The quantitative estimate of drug-likeness (QED) is 0.212. The number of amides is 3. The van der Waals surface area contributed by atoms with Crippen LogP contribution >= 0.6 is 11.6 Å². The molecule has 2 rings (SSSR count). The van der Waals surface area contributed by atoms with Crippen molar-refractivity contribution in [3.05, 3.63) is 34.9 Å². The number of hydrogen-bond donors (Lipinski definition) is 4. The van der Waals surface area contributed by atoms with E-state index in [-0.39, 0.29) is 37.9 Å². The van der Waals surface area contributed by atoms with E-state index in [1.54, 1.807) is 24.3 Å². The Bertz CT molecular complexity index is 980. The molecule has 0 saturated carbocycles. The van der Waals surface area contributed by atoms with Crippen molar-refractivity contribution in [2.45, 2.75) is 89.9 Å². The van der Waals surface area contributed by atoms with E-state index < -0.39 is 41.5 Å². The topological polar surface area (TPSA) is 145 Å². The normalized spacial score (nSPS) is 18.8. The molecule has 1 aliphatic heterocycles. The second kappa shape index (κ2) is 15.2. The molecule has 0 spiro atoms. The zero-order valence-corrected chi connectivity index (χ0v) is 24.0. The molecule has 0 radical (unpaired) electrons. The van der Waals surface area contributed by atoms with Gasteiger partial charge in [0, 0.05) is 30.8 Å². The van der Waals surface area contributed by atoms with E-state index in [1.807, 2.05) is 20.8 Å². The number of β-amino-alcohol motifs (C(OH)–C–C–N with tert-alkyl or cyclic N) is 1. The van der Waals surface area contributed by atoms with Crippen LogP contribution in [0.4, 0.5) is 0 Å². The first kappa shape index (κ1) is 32.5. The molecule has 2 unspecified atom stereocenters. The molecule has 1 heterocycles. The Labute approximate surface area is 235 Å². The van der Waals surface area contributed by atoms with Crippen LogP contribution in [0.3, 0.4) is 0 Å². The molecule has 11 heteroatoms. The molecule has 1 saturated heterocycles. The summed E-state index contributed by atoms with van der Waals surface area (Å²) in [6.45, 7) is 5.08. The summed E-state index contributed by atoms with van der Waals surface area (Å²) in [6.07, 6.45) is 2.58. The van der Waals surface area contributed by atoms with E-state index >= 15 is 0 Å². The highest BCUT2D eigenvalue weighted by Crippen LogP contribution is 2.27. The average Bonchev–Trinajstić information content (AvgIpc) is 3.28. The van der Waals surface area contributed by atoms with Crippen molar-refractivity contribution in [1.82, 2.24) is 15.5 Å². The molecular formula is C28H42ClN3O7. The number of esters is 1. The van der Waals surface area contributed by atoms with Crippen molar-refractivity contribution in [2.75, 3.05) is 20.3 Å². The molecule has 0 aromatic heterocycles. The lowest BCUT2D eigenvalue weighted by molar-refractivity contribution is -0.144. The van der Waals surface area contributed by atoms with Crippen LogP contribution in [-0.2, 0) is 23.9 Å². The molecule has 4 atom stereocenters. The van der Waals surface area contributed by atoms with Gasteiger partial charge in [-0.25, -0.2) is 0 Å². The number of carbonyl (C=O) groups excluding carboxylic acids is 4. The fourth-order valence-electron chi connectivity index (χ4n) is 4.56. The predicted molar refractivity (Wildman–Crippen MR) is 147 cm³/mol. The molecular weight excluding hydrogens is 526 g/mol. The predicted octanol–water partition coefficient (Wildman–Crippen LogP) is 2.50. The molecule has 39 heavy (non-hydrogen) atoms. The molecule has 0 bridgehead atoms. The summed E-state index contributed by atoms with van der Waals surface area (Å²) in [5.41, 5.74) is -0.00419. The molecule has 1 fully saturated rings. The molecule has 3 amide bonds. The summed E-state index contributed by atoms with van der Waals surface area (Å²) >= 11 is 5.94. The Morgan fingerprint density at radius 2 is 1.67 bits per heavy atom. The first-order valence-corrected chi connectivity index (χ1v) is 13.8. The van der Waals surface area contributed by atoms with Crippen molar-refractivity contribution < 1.29 is 34.1 Å². The number of rotatable bonds is 13. The number of nitrogens with one attached hydrogen (secondary N) is 2. The lowest BCUT2D eigenvalue weighted by atomic mass is 9.85. The van der Waals surface area contributed by atoms with Crippen LogP contribution in [0.25, 0.3) is 0 Å². The highest BCUT2D eigenvalue weighted by atomic mass is 35.5. The zero-order valence-electron chi connectivity index (χ0n) is 23.2. The maximum atomic E-state index is 13.7. The highest BCUT2D eigenvalue weighted by Gasteiger charge is 2.44. The number of hydrogen-bond acceptors (Lipinski definition) is 7. The molecule has 4 N–H and O–H groups in total. The number of aliphatic hydroxyl groups is 2. The van der Waals surface area contributed by atoms with Crippen LogP contribution in [0.15, 0.2) is 24.3 Å². The van der Waals surface area contributed by atoms with E-state index in [2.05, 4.69) is 15.4 Å². The maximum Gasteiger partial charge on any atom is 0.305 e. The van der Waals surface area contributed by atoms with Gasteiger partial charge < -0.3 is 30.5 Å². The van der Waals surface area contributed by atoms with Crippen molar-refractivity contribution in [3.8, 4) is 0 Å². The van der Waals surface area contributed by atoms with Crippen LogP contribution in [-0.4, -0.2) is 77.3 Å². The monoisotopic (exact) mass is 567 g/mol. The van der Waals surface area contributed by atoms with Gasteiger partial charge in [0.1, 0.15) is 12.1 Å². The fourth-order valence-corrected chi connectivity index (χ4v) is 4.69. The molecule has 218 valence electrons. The van der Waals surface area contributed by atoms with Gasteiger partial charge in [0.2, 0.25) is 17.7 Å². The zero-order chi connectivity index (χ0) is 29.2. The van der Waals surface area contributed by atoms with Gasteiger partial charge in [-0.2, -0.15) is 0 Å². The summed E-state index contributed by atoms with van der Waals surface area (Å²) in [7, 11) is 1.35. The second-order valence-corrected chi connectivity index (χ2v) is 11.5. The Kier molecular flexibility index (Phi) is 12.7. The van der Waals surface area contributed by atoms with E-state index in [0.29, 0.717) is 29.8 Å².